The lowest BCUT2D eigenvalue weighted by atomic mass is 9.79. The quantitative estimate of drug-likeness (QED) is 0.309. The Morgan fingerprint density at radius 2 is 1.94 bits per heavy atom. The molecule has 0 spiro atoms. The maximum Gasteiger partial charge on any atom is 0.353 e. The summed E-state index contributed by atoms with van der Waals surface area (Å²) in [5.74, 6) is -2.18. The van der Waals surface area contributed by atoms with E-state index in [0.29, 0.717) is 24.4 Å². The second-order valence-electron chi connectivity index (χ2n) is 10.2. The van der Waals surface area contributed by atoms with E-state index in [1.807, 2.05) is 11.8 Å². The van der Waals surface area contributed by atoms with Gasteiger partial charge >= 0.3 is 5.97 Å². The molecule has 0 aromatic heterocycles. The van der Waals surface area contributed by atoms with Crippen molar-refractivity contribution < 1.29 is 24.6 Å². The number of rotatable bonds is 9. The maximum absolute atomic E-state index is 13.4. The molecular weight excluding hydrogens is 470 g/mol. The number of aliphatic hydroxyl groups is 1. The topological polar surface area (TPSA) is 139 Å². The molecule has 0 aromatic rings. The number of piperazine rings is 1. The molecule has 3 saturated heterocycles. The van der Waals surface area contributed by atoms with E-state index in [1.54, 1.807) is 6.92 Å². The van der Waals surface area contributed by atoms with Crippen LogP contribution < -0.4 is 11.1 Å². The van der Waals surface area contributed by atoms with Gasteiger partial charge in [-0.2, -0.15) is 0 Å². The molecule has 0 aromatic carbocycles. The average molecular weight is 510 g/mol. The van der Waals surface area contributed by atoms with Crippen LogP contribution in [0.1, 0.15) is 33.6 Å². The van der Waals surface area contributed by atoms with Crippen molar-refractivity contribution in [2.24, 2.45) is 23.5 Å². The molecule has 5 N–H and O–H groups in total. The van der Waals surface area contributed by atoms with E-state index >= 15 is 0 Å². The van der Waals surface area contributed by atoms with Crippen LogP contribution in [0, 0.1) is 17.8 Å². The summed E-state index contributed by atoms with van der Waals surface area (Å²) in [6.07, 6.45) is 0.532. The fourth-order valence-electron chi connectivity index (χ4n) is 6.18. The van der Waals surface area contributed by atoms with Crippen LogP contribution in [-0.4, -0.2) is 112 Å². The lowest BCUT2D eigenvalue weighted by Gasteiger charge is -2.46. The molecule has 7 atom stereocenters. The van der Waals surface area contributed by atoms with Crippen LogP contribution in [-0.2, 0) is 14.4 Å². The third kappa shape index (κ3) is 4.85. The van der Waals surface area contributed by atoms with E-state index in [0.717, 1.165) is 39.1 Å². The van der Waals surface area contributed by atoms with Crippen molar-refractivity contribution in [3.63, 3.8) is 0 Å². The van der Waals surface area contributed by atoms with Crippen LogP contribution in [0.25, 0.3) is 0 Å². The Balaban J connectivity index is 1.43. The molecule has 4 heterocycles. The highest BCUT2D eigenvalue weighted by Gasteiger charge is 2.60. The number of nitrogens with one attached hydrogen (secondary N) is 1. The lowest BCUT2D eigenvalue weighted by molar-refractivity contribution is -0.163. The first kappa shape index (κ1) is 26.4. The average Bonchev–Trinajstić information content (AvgIpc) is 3.38. The highest BCUT2D eigenvalue weighted by atomic mass is 32.2. The SMILES string of the molecule is CCN1CCN(C(=O)C(CCN)[C@@H]2C[C@H](SC3=C(C(=O)O)N4C(=O)[C@H]([C@@H](C)O)[C@H]4[C@H]3C)CN2)CC1. The minimum atomic E-state index is -1.11. The van der Waals surface area contributed by atoms with Crippen LogP contribution in [0.3, 0.4) is 0 Å². The Bertz CT molecular complexity index is 874. The number of carbonyl (C=O) groups is 3. The number of hydrogen-bond donors (Lipinski definition) is 4. The number of β-lactam (4-membered cyclic amide) rings is 1. The summed E-state index contributed by atoms with van der Waals surface area (Å²) < 4.78 is 0. The van der Waals surface area contributed by atoms with E-state index in [2.05, 4.69) is 17.1 Å². The third-order valence-electron chi connectivity index (χ3n) is 8.14. The van der Waals surface area contributed by atoms with E-state index in [-0.39, 0.29) is 46.7 Å². The first-order chi connectivity index (χ1) is 16.7. The molecule has 196 valence electrons. The van der Waals surface area contributed by atoms with E-state index in [1.165, 1.54) is 16.7 Å². The molecule has 4 aliphatic heterocycles. The molecule has 35 heavy (non-hydrogen) atoms. The smallest absolute Gasteiger partial charge is 0.353 e. The highest BCUT2D eigenvalue weighted by Crippen LogP contribution is 2.52. The zero-order valence-electron chi connectivity index (χ0n) is 20.9. The zero-order chi connectivity index (χ0) is 25.4. The Morgan fingerprint density at radius 3 is 2.51 bits per heavy atom. The van der Waals surface area contributed by atoms with Crippen LogP contribution >= 0.6 is 11.8 Å². The van der Waals surface area contributed by atoms with Gasteiger partial charge < -0.3 is 36.0 Å². The predicted molar refractivity (Wildman–Crippen MR) is 133 cm³/mol. The van der Waals surface area contributed by atoms with E-state index < -0.39 is 18.0 Å². The van der Waals surface area contributed by atoms with Gasteiger partial charge in [-0.1, -0.05) is 13.8 Å². The number of carboxylic acids is 1. The van der Waals surface area contributed by atoms with Crippen molar-refractivity contribution in [2.45, 2.75) is 57.1 Å². The van der Waals surface area contributed by atoms with Crippen molar-refractivity contribution in [3.8, 4) is 0 Å². The van der Waals surface area contributed by atoms with Crippen molar-refractivity contribution in [3.05, 3.63) is 10.6 Å². The number of carboxylic acid groups (broad SMARTS) is 1. The standard InChI is InChI=1S/C24H39N5O5S/c1-4-27-7-9-28(10-8-27)22(31)16(5-6-25)17-11-15(12-26-17)35-21-13(2)19-18(14(3)30)23(32)29(19)20(21)24(33)34/h13-19,26,30H,4-12,25H2,1-3H3,(H,33,34)/t13-,14-,15+,16?,17+,18-,19-/m1/s1. The summed E-state index contributed by atoms with van der Waals surface area (Å²) in [5.41, 5.74) is 5.95. The predicted octanol–water partition coefficient (Wildman–Crippen LogP) is -0.267. The fraction of sp³-hybridized carbons (Fsp3) is 0.792. The van der Waals surface area contributed by atoms with Crippen LogP contribution in [0.4, 0.5) is 0 Å². The molecule has 3 fully saturated rings. The van der Waals surface area contributed by atoms with Crippen molar-refractivity contribution in [1.29, 1.82) is 0 Å². The highest BCUT2D eigenvalue weighted by molar-refractivity contribution is 8.03. The number of thioether (sulfide) groups is 1. The van der Waals surface area contributed by atoms with Crippen molar-refractivity contribution >= 4 is 29.5 Å². The molecule has 0 aliphatic carbocycles. The number of fused-ring (bicyclic) bond motifs is 1. The monoisotopic (exact) mass is 509 g/mol. The third-order valence-corrected chi connectivity index (χ3v) is 9.65. The van der Waals surface area contributed by atoms with Crippen molar-refractivity contribution in [1.82, 2.24) is 20.0 Å². The summed E-state index contributed by atoms with van der Waals surface area (Å²) in [4.78, 5) is 44.5. The first-order valence-corrected chi connectivity index (χ1v) is 13.7. The van der Waals surface area contributed by atoms with Gasteiger partial charge in [-0.3, -0.25) is 9.59 Å². The number of likely N-dealkylation sites (N-methyl/N-ethyl adjacent to an activating group) is 1. The number of amides is 2. The summed E-state index contributed by atoms with van der Waals surface area (Å²) in [5, 5.41) is 23.6. The second kappa shape index (κ2) is 10.8. The first-order valence-electron chi connectivity index (χ1n) is 12.8. The van der Waals surface area contributed by atoms with Gasteiger partial charge in [-0.15, -0.1) is 11.8 Å². The van der Waals surface area contributed by atoms with Gasteiger partial charge in [0.1, 0.15) is 5.70 Å². The van der Waals surface area contributed by atoms with Gasteiger partial charge in [-0.25, -0.2) is 4.79 Å². The number of hydrogen-bond acceptors (Lipinski definition) is 8. The molecule has 11 heteroatoms. The molecule has 1 unspecified atom stereocenters. The second-order valence-corrected chi connectivity index (χ2v) is 11.5. The minimum absolute atomic E-state index is 0.0118. The maximum atomic E-state index is 13.4. The van der Waals surface area contributed by atoms with Gasteiger partial charge in [0, 0.05) is 54.8 Å². The van der Waals surface area contributed by atoms with Gasteiger partial charge in [0.25, 0.3) is 0 Å². The lowest BCUT2D eigenvalue weighted by Crippen LogP contribution is -2.63. The fourth-order valence-corrected chi connectivity index (χ4v) is 7.68. The molecule has 2 amide bonds. The molecule has 0 bridgehead atoms. The summed E-state index contributed by atoms with van der Waals surface area (Å²) in [6, 6.07) is -0.322. The molecule has 0 saturated carbocycles. The summed E-state index contributed by atoms with van der Waals surface area (Å²) >= 11 is 1.51. The number of aliphatic carboxylic acids is 1. The van der Waals surface area contributed by atoms with Gasteiger partial charge in [0.05, 0.1) is 24.0 Å². The van der Waals surface area contributed by atoms with Crippen LogP contribution in [0.2, 0.25) is 0 Å². The Kier molecular flexibility index (Phi) is 8.12. The Hall–Kier alpha value is -1.66. The molecule has 10 nitrogen and oxygen atoms in total. The molecule has 0 radical (unpaired) electrons. The Morgan fingerprint density at radius 1 is 1.26 bits per heavy atom. The number of nitrogens with two attached hydrogens (primary N) is 1. The van der Waals surface area contributed by atoms with Gasteiger partial charge in [0.2, 0.25) is 11.8 Å². The largest absolute Gasteiger partial charge is 0.477 e. The Labute approximate surface area is 211 Å². The summed E-state index contributed by atoms with van der Waals surface area (Å²) in [7, 11) is 0. The zero-order valence-corrected chi connectivity index (χ0v) is 21.7. The van der Waals surface area contributed by atoms with Crippen molar-refractivity contribution in [2.75, 3.05) is 45.8 Å². The van der Waals surface area contributed by atoms with E-state index in [9.17, 15) is 24.6 Å². The van der Waals surface area contributed by atoms with E-state index in [4.69, 9.17) is 5.73 Å². The molecule has 4 aliphatic rings. The van der Waals surface area contributed by atoms with Gasteiger partial charge in [0.15, 0.2) is 0 Å². The molecular formula is C24H39N5O5S. The van der Waals surface area contributed by atoms with Crippen LogP contribution in [0.15, 0.2) is 10.6 Å². The van der Waals surface area contributed by atoms with Gasteiger partial charge in [-0.05, 0) is 32.9 Å². The number of carbonyl (C=O) groups excluding carboxylic acids is 2. The molecule has 4 rings (SSSR count). The number of aliphatic hydroxyl groups excluding tert-OH is 1. The number of nitrogens with zero attached hydrogens (tertiary/aromatic N) is 3. The minimum Gasteiger partial charge on any atom is -0.477 e. The normalized spacial score (nSPS) is 33.1. The van der Waals surface area contributed by atoms with Crippen LogP contribution in [0.5, 0.6) is 0 Å². The summed E-state index contributed by atoms with van der Waals surface area (Å²) in [6.45, 7) is 11.0.